The lowest BCUT2D eigenvalue weighted by molar-refractivity contribution is 0.0361. The lowest BCUT2D eigenvalue weighted by Crippen LogP contribution is -2.28. The predicted octanol–water partition coefficient (Wildman–Crippen LogP) is 2.84. The van der Waals surface area contributed by atoms with Gasteiger partial charge in [0.15, 0.2) is 0 Å². The minimum atomic E-state index is 0.612. The first-order valence-corrected chi connectivity index (χ1v) is 7.09. The third kappa shape index (κ3) is 12.1. The molecule has 0 aliphatic carbocycles. The molecule has 3 nitrogen and oxygen atoms in total. The van der Waals surface area contributed by atoms with Crippen LogP contribution >= 0.6 is 0 Å². The van der Waals surface area contributed by atoms with Gasteiger partial charge in [0.25, 0.3) is 0 Å². The van der Waals surface area contributed by atoms with E-state index < -0.39 is 0 Å². The van der Waals surface area contributed by atoms with Crippen molar-refractivity contribution in [2.24, 2.45) is 5.92 Å². The standard InChI is InChI=1S/C14H31NO2/c1-5-14(15-6-2)8-7-9-16-10-11-17-12-13(3)4/h13-15H,5-12H2,1-4H3. The molecule has 0 saturated carbocycles. The molecule has 1 unspecified atom stereocenters. The summed E-state index contributed by atoms with van der Waals surface area (Å²) in [5.74, 6) is 0.612. The summed E-state index contributed by atoms with van der Waals surface area (Å²) in [4.78, 5) is 0. The molecule has 0 saturated heterocycles. The van der Waals surface area contributed by atoms with Gasteiger partial charge >= 0.3 is 0 Å². The Morgan fingerprint density at radius 1 is 1.00 bits per heavy atom. The molecule has 1 atom stereocenters. The summed E-state index contributed by atoms with van der Waals surface area (Å²) >= 11 is 0. The molecular weight excluding hydrogens is 214 g/mol. The molecule has 0 bridgehead atoms. The number of hydrogen-bond donors (Lipinski definition) is 1. The van der Waals surface area contributed by atoms with Gasteiger partial charge in [-0.15, -0.1) is 0 Å². The molecule has 0 heterocycles. The molecule has 17 heavy (non-hydrogen) atoms. The lowest BCUT2D eigenvalue weighted by atomic mass is 10.1. The smallest absolute Gasteiger partial charge is 0.0700 e. The Hall–Kier alpha value is -0.120. The summed E-state index contributed by atoms with van der Waals surface area (Å²) in [6.07, 6.45) is 3.54. The van der Waals surface area contributed by atoms with E-state index in [1.165, 1.54) is 12.8 Å². The average molecular weight is 245 g/mol. The Morgan fingerprint density at radius 2 is 1.71 bits per heavy atom. The topological polar surface area (TPSA) is 30.5 Å². The van der Waals surface area contributed by atoms with Crippen LogP contribution in [-0.2, 0) is 9.47 Å². The highest BCUT2D eigenvalue weighted by Gasteiger charge is 2.03. The SMILES string of the molecule is CCNC(CC)CCCOCCOCC(C)C. The molecule has 1 N–H and O–H groups in total. The van der Waals surface area contributed by atoms with Crippen LogP contribution in [0.15, 0.2) is 0 Å². The summed E-state index contributed by atoms with van der Waals surface area (Å²) < 4.78 is 11.0. The van der Waals surface area contributed by atoms with Crippen LogP contribution < -0.4 is 5.32 Å². The highest BCUT2D eigenvalue weighted by atomic mass is 16.5. The second-order valence-corrected chi connectivity index (χ2v) is 4.89. The van der Waals surface area contributed by atoms with Gasteiger partial charge in [-0.2, -0.15) is 0 Å². The van der Waals surface area contributed by atoms with E-state index in [4.69, 9.17) is 9.47 Å². The van der Waals surface area contributed by atoms with Gasteiger partial charge in [0.05, 0.1) is 13.2 Å². The Labute approximate surface area is 107 Å². The van der Waals surface area contributed by atoms with E-state index in [0.717, 1.165) is 39.4 Å². The van der Waals surface area contributed by atoms with E-state index >= 15 is 0 Å². The van der Waals surface area contributed by atoms with Crippen molar-refractivity contribution in [1.29, 1.82) is 0 Å². The zero-order valence-corrected chi connectivity index (χ0v) is 12.1. The number of rotatable bonds is 12. The molecule has 0 aliphatic heterocycles. The number of ether oxygens (including phenoxy) is 2. The molecule has 0 spiro atoms. The quantitative estimate of drug-likeness (QED) is 0.536. The van der Waals surface area contributed by atoms with E-state index in [-0.39, 0.29) is 0 Å². The summed E-state index contributed by atoms with van der Waals surface area (Å²) in [6.45, 7) is 12.9. The third-order valence-electron chi connectivity index (χ3n) is 2.65. The molecular formula is C14H31NO2. The largest absolute Gasteiger partial charge is 0.379 e. The average Bonchev–Trinajstić information content (AvgIpc) is 2.30. The molecule has 0 radical (unpaired) electrons. The van der Waals surface area contributed by atoms with Gasteiger partial charge < -0.3 is 14.8 Å². The van der Waals surface area contributed by atoms with E-state index in [1.807, 2.05) is 0 Å². The van der Waals surface area contributed by atoms with Crippen LogP contribution in [0.5, 0.6) is 0 Å². The van der Waals surface area contributed by atoms with Crippen molar-refractivity contribution in [2.45, 2.75) is 53.0 Å². The maximum Gasteiger partial charge on any atom is 0.0700 e. The summed E-state index contributed by atoms with van der Waals surface area (Å²) in [5.41, 5.74) is 0. The number of nitrogens with one attached hydrogen (secondary N) is 1. The maximum absolute atomic E-state index is 5.54. The fourth-order valence-corrected chi connectivity index (χ4v) is 1.71. The van der Waals surface area contributed by atoms with Gasteiger partial charge in [-0.3, -0.25) is 0 Å². The molecule has 0 aromatic carbocycles. The van der Waals surface area contributed by atoms with Crippen LogP contribution in [0.4, 0.5) is 0 Å². The Morgan fingerprint density at radius 3 is 2.29 bits per heavy atom. The van der Waals surface area contributed by atoms with Crippen molar-refractivity contribution < 1.29 is 9.47 Å². The van der Waals surface area contributed by atoms with Crippen LogP contribution in [-0.4, -0.2) is 39.0 Å². The van der Waals surface area contributed by atoms with Gasteiger partial charge in [-0.25, -0.2) is 0 Å². The van der Waals surface area contributed by atoms with Crippen molar-refractivity contribution >= 4 is 0 Å². The molecule has 3 heteroatoms. The van der Waals surface area contributed by atoms with E-state index in [0.29, 0.717) is 12.0 Å². The zero-order valence-electron chi connectivity index (χ0n) is 12.1. The molecule has 0 rings (SSSR count). The van der Waals surface area contributed by atoms with Crippen LogP contribution in [0.25, 0.3) is 0 Å². The Balaban J connectivity index is 3.17. The summed E-state index contributed by atoms with van der Waals surface area (Å²) in [7, 11) is 0. The fourth-order valence-electron chi connectivity index (χ4n) is 1.71. The second-order valence-electron chi connectivity index (χ2n) is 4.89. The van der Waals surface area contributed by atoms with E-state index in [2.05, 4.69) is 33.0 Å². The minimum absolute atomic E-state index is 0.612. The lowest BCUT2D eigenvalue weighted by Gasteiger charge is -2.15. The minimum Gasteiger partial charge on any atom is -0.379 e. The third-order valence-corrected chi connectivity index (χ3v) is 2.65. The van der Waals surface area contributed by atoms with Gasteiger partial charge in [0, 0.05) is 19.3 Å². The van der Waals surface area contributed by atoms with Gasteiger partial charge in [-0.1, -0.05) is 27.7 Å². The van der Waals surface area contributed by atoms with Crippen molar-refractivity contribution in [3.8, 4) is 0 Å². The van der Waals surface area contributed by atoms with E-state index in [1.54, 1.807) is 0 Å². The van der Waals surface area contributed by atoms with Gasteiger partial charge in [0.1, 0.15) is 0 Å². The predicted molar refractivity (Wildman–Crippen MR) is 73.5 cm³/mol. The first kappa shape index (κ1) is 16.9. The Bertz CT molecular complexity index is 151. The normalized spacial score (nSPS) is 13.2. The van der Waals surface area contributed by atoms with Crippen LogP contribution in [0.1, 0.15) is 47.0 Å². The molecule has 0 aromatic rings. The number of hydrogen-bond acceptors (Lipinski definition) is 3. The molecule has 0 fully saturated rings. The monoisotopic (exact) mass is 245 g/mol. The van der Waals surface area contributed by atoms with E-state index in [9.17, 15) is 0 Å². The van der Waals surface area contributed by atoms with Crippen molar-refractivity contribution in [3.05, 3.63) is 0 Å². The highest BCUT2D eigenvalue weighted by Crippen LogP contribution is 2.01. The van der Waals surface area contributed by atoms with Crippen LogP contribution in [0.2, 0.25) is 0 Å². The van der Waals surface area contributed by atoms with Crippen molar-refractivity contribution in [3.63, 3.8) is 0 Å². The van der Waals surface area contributed by atoms with Crippen molar-refractivity contribution in [2.75, 3.05) is 33.0 Å². The molecule has 0 amide bonds. The van der Waals surface area contributed by atoms with Crippen LogP contribution in [0, 0.1) is 5.92 Å². The first-order chi connectivity index (χ1) is 8.20. The maximum atomic E-state index is 5.54. The van der Waals surface area contributed by atoms with Gasteiger partial charge in [-0.05, 0) is 31.7 Å². The van der Waals surface area contributed by atoms with Gasteiger partial charge in [0.2, 0.25) is 0 Å². The summed E-state index contributed by atoms with van der Waals surface area (Å²) in [5, 5.41) is 3.48. The zero-order chi connectivity index (χ0) is 12.9. The van der Waals surface area contributed by atoms with Crippen LogP contribution in [0.3, 0.4) is 0 Å². The Kier molecular flexibility index (Phi) is 12.3. The first-order valence-electron chi connectivity index (χ1n) is 7.09. The van der Waals surface area contributed by atoms with Crippen molar-refractivity contribution in [1.82, 2.24) is 5.32 Å². The molecule has 104 valence electrons. The fraction of sp³-hybridized carbons (Fsp3) is 1.00. The molecule has 0 aromatic heterocycles. The molecule has 0 aliphatic rings. The summed E-state index contributed by atoms with van der Waals surface area (Å²) in [6, 6.07) is 0.654. The highest BCUT2D eigenvalue weighted by molar-refractivity contribution is 4.63. The second kappa shape index (κ2) is 12.3.